The summed E-state index contributed by atoms with van der Waals surface area (Å²) in [6, 6.07) is 14.3. The Hall–Kier alpha value is -2.91. The lowest BCUT2D eigenvalue weighted by Crippen LogP contribution is -2.51. The number of piperazine rings is 1. The van der Waals surface area contributed by atoms with Crippen LogP contribution in [0.15, 0.2) is 36.4 Å². The SMILES string of the molecule is Cc1ccc(N2CCN(CC(=O)N3CCCc4ccccc43)CC2)nc1C#N. The maximum Gasteiger partial charge on any atom is 0.241 e. The zero-order chi connectivity index (χ0) is 19.5. The van der Waals surface area contributed by atoms with Crippen LogP contribution in [0.3, 0.4) is 0 Å². The van der Waals surface area contributed by atoms with Gasteiger partial charge in [-0.05, 0) is 43.0 Å². The van der Waals surface area contributed by atoms with Crippen LogP contribution in [-0.4, -0.2) is 55.1 Å². The van der Waals surface area contributed by atoms with Crippen molar-refractivity contribution in [2.75, 3.05) is 49.1 Å². The molecule has 6 nitrogen and oxygen atoms in total. The van der Waals surface area contributed by atoms with Gasteiger partial charge in [-0.15, -0.1) is 0 Å². The minimum absolute atomic E-state index is 0.181. The summed E-state index contributed by atoms with van der Waals surface area (Å²) in [5, 5.41) is 9.19. The van der Waals surface area contributed by atoms with Crippen LogP contribution in [0.5, 0.6) is 0 Å². The van der Waals surface area contributed by atoms with E-state index in [9.17, 15) is 10.1 Å². The van der Waals surface area contributed by atoms with Gasteiger partial charge in [0.05, 0.1) is 6.54 Å². The highest BCUT2D eigenvalue weighted by Gasteiger charge is 2.26. The van der Waals surface area contributed by atoms with Gasteiger partial charge in [0.25, 0.3) is 0 Å². The molecule has 0 atom stereocenters. The molecule has 3 heterocycles. The number of benzene rings is 1. The van der Waals surface area contributed by atoms with E-state index in [1.165, 1.54) is 5.56 Å². The van der Waals surface area contributed by atoms with Gasteiger partial charge in [-0.1, -0.05) is 24.3 Å². The van der Waals surface area contributed by atoms with Crippen molar-refractivity contribution >= 4 is 17.4 Å². The highest BCUT2D eigenvalue weighted by atomic mass is 16.2. The topological polar surface area (TPSA) is 63.5 Å². The summed E-state index contributed by atoms with van der Waals surface area (Å²) in [4.78, 5) is 23.8. The Bertz CT molecular complexity index is 911. The standard InChI is InChI=1S/C22H25N5O/c1-17-8-9-21(24-19(17)15-23)26-13-11-25(12-14-26)16-22(28)27-10-4-6-18-5-2-3-7-20(18)27/h2-3,5,7-9H,4,6,10-14,16H2,1H3. The van der Waals surface area contributed by atoms with Crippen LogP contribution in [0.4, 0.5) is 11.5 Å². The third-order valence-corrected chi connectivity index (χ3v) is 5.65. The number of aromatic nitrogens is 1. The number of carbonyl (C=O) groups excluding carboxylic acids is 1. The number of pyridine rings is 1. The molecule has 1 aromatic carbocycles. The van der Waals surface area contributed by atoms with Crippen molar-refractivity contribution in [2.24, 2.45) is 0 Å². The second kappa shape index (κ2) is 7.99. The molecule has 2 aliphatic rings. The number of carbonyl (C=O) groups is 1. The van der Waals surface area contributed by atoms with E-state index in [0.29, 0.717) is 12.2 Å². The average Bonchev–Trinajstić information content (AvgIpc) is 2.74. The number of para-hydroxylation sites is 1. The van der Waals surface area contributed by atoms with Crippen LogP contribution >= 0.6 is 0 Å². The van der Waals surface area contributed by atoms with E-state index in [-0.39, 0.29) is 5.91 Å². The first-order valence-corrected chi connectivity index (χ1v) is 9.89. The van der Waals surface area contributed by atoms with Gasteiger partial charge in [-0.3, -0.25) is 9.69 Å². The van der Waals surface area contributed by atoms with E-state index in [2.05, 4.69) is 33.0 Å². The number of rotatable bonds is 3. The first-order valence-electron chi connectivity index (χ1n) is 9.89. The number of nitrogens with zero attached hydrogens (tertiary/aromatic N) is 5. The average molecular weight is 375 g/mol. The smallest absolute Gasteiger partial charge is 0.241 e. The van der Waals surface area contributed by atoms with Gasteiger partial charge >= 0.3 is 0 Å². The minimum Gasteiger partial charge on any atom is -0.354 e. The lowest BCUT2D eigenvalue weighted by atomic mass is 10.0. The number of nitriles is 1. The van der Waals surface area contributed by atoms with Crippen molar-refractivity contribution in [1.29, 1.82) is 5.26 Å². The quantitative estimate of drug-likeness (QED) is 0.824. The summed E-state index contributed by atoms with van der Waals surface area (Å²) in [5.41, 5.74) is 3.73. The maximum absolute atomic E-state index is 12.9. The van der Waals surface area contributed by atoms with E-state index in [4.69, 9.17) is 0 Å². The molecule has 1 aromatic heterocycles. The highest BCUT2D eigenvalue weighted by Crippen LogP contribution is 2.27. The summed E-state index contributed by atoms with van der Waals surface area (Å²) < 4.78 is 0. The largest absolute Gasteiger partial charge is 0.354 e. The number of hydrogen-bond acceptors (Lipinski definition) is 5. The number of amides is 1. The van der Waals surface area contributed by atoms with Crippen LogP contribution in [0.1, 0.15) is 23.2 Å². The van der Waals surface area contributed by atoms with Crippen molar-refractivity contribution in [1.82, 2.24) is 9.88 Å². The van der Waals surface area contributed by atoms with Crippen molar-refractivity contribution in [3.63, 3.8) is 0 Å². The molecule has 28 heavy (non-hydrogen) atoms. The van der Waals surface area contributed by atoms with Gasteiger partial charge in [-0.2, -0.15) is 5.26 Å². The Labute approximate surface area is 166 Å². The molecule has 0 aliphatic carbocycles. The molecular weight excluding hydrogens is 350 g/mol. The minimum atomic E-state index is 0.181. The van der Waals surface area contributed by atoms with Crippen LogP contribution in [0, 0.1) is 18.3 Å². The van der Waals surface area contributed by atoms with E-state index in [1.807, 2.05) is 36.1 Å². The molecule has 2 aromatic rings. The zero-order valence-corrected chi connectivity index (χ0v) is 16.3. The molecule has 1 saturated heterocycles. The van der Waals surface area contributed by atoms with Gasteiger partial charge in [0, 0.05) is 38.4 Å². The number of anilines is 2. The first kappa shape index (κ1) is 18.5. The maximum atomic E-state index is 12.9. The molecule has 0 saturated carbocycles. The monoisotopic (exact) mass is 375 g/mol. The fraction of sp³-hybridized carbons (Fsp3) is 0.409. The predicted molar refractivity (Wildman–Crippen MR) is 109 cm³/mol. The van der Waals surface area contributed by atoms with Crippen LogP contribution < -0.4 is 9.80 Å². The van der Waals surface area contributed by atoms with Gasteiger partial charge in [0.1, 0.15) is 17.6 Å². The number of fused-ring (bicyclic) bond motifs is 1. The number of hydrogen-bond donors (Lipinski definition) is 0. The van der Waals surface area contributed by atoms with E-state index in [1.54, 1.807) is 0 Å². The second-order valence-electron chi connectivity index (χ2n) is 7.49. The first-order chi connectivity index (χ1) is 13.7. The second-order valence-corrected chi connectivity index (χ2v) is 7.49. The zero-order valence-electron chi connectivity index (χ0n) is 16.3. The molecule has 0 radical (unpaired) electrons. The molecule has 4 rings (SSSR count). The summed E-state index contributed by atoms with van der Waals surface area (Å²) in [7, 11) is 0. The summed E-state index contributed by atoms with van der Waals surface area (Å²) in [5.74, 6) is 1.03. The predicted octanol–water partition coefficient (Wildman–Crippen LogP) is 2.36. The Morgan fingerprint density at radius 2 is 1.89 bits per heavy atom. The Morgan fingerprint density at radius 3 is 2.68 bits per heavy atom. The van der Waals surface area contributed by atoms with Crippen molar-refractivity contribution in [3.8, 4) is 6.07 Å². The molecule has 1 fully saturated rings. The third-order valence-electron chi connectivity index (χ3n) is 5.65. The Morgan fingerprint density at radius 1 is 1.11 bits per heavy atom. The fourth-order valence-corrected chi connectivity index (χ4v) is 4.01. The molecule has 0 N–H and O–H groups in total. The summed E-state index contributed by atoms with van der Waals surface area (Å²) in [6.07, 6.45) is 2.07. The van der Waals surface area contributed by atoms with E-state index < -0.39 is 0 Å². The Kier molecular flexibility index (Phi) is 5.27. The molecule has 2 aliphatic heterocycles. The normalized spacial score (nSPS) is 17.1. The van der Waals surface area contributed by atoms with Crippen LogP contribution in [0.25, 0.3) is 0 Å². The molecule has 6 heteroatoms. The lowest BCUT2D eigenvalue weighted by Gasteiger charge is -2.37. The molecule has 1 amide bonds. The molecule has 0 unspecified atom stereocenters. The highest BCUT2D eigenvalue weighted by molar-refractivity contribution is 5.96. The fourth-order valence-electron chi connectivity index (χ4n) is 4.01. The molecule has 0 bridgehead atoms. The summed E-state index contributed by atoms with van der Waals surface area (Å²) >= 11 is 0. The molecule has 144 valence electrons. The number of aryl methyl sites for hydroxylation is 2. The van der Waals surface area contributed by atoms with Gasteiger partial charge < -0.3 is 9.80 Å². The third kappa shape index (κ3) is 3.71. The Balaban J connectivity index is 1.36. The van der Waals surface area contributed by atoms with Gasteiger partial charge in [0.2, 0.25) is 5.91 Å². The van der Waals surface area contributed by atoms with Crippen molar-refractivity contribution in [2.45, 2.75) is 19.8 Å². The van der Waals surface area contributed by atoms with E-state index >= 15 is 0 Å². The lowest BCUT2D eigenvalue weighted by molar-refractivity contribution is -0.119. The summed E-state index contributed by atoms with van der Waals surface area (Å²) in [6.45, 7) is 6.41. The van der Waals surface area contributed by atoms with Crippen molar-refractivity contribution < 1.29 is 4.79 Å². The van der Waals surface area contributed by atoms with Crippen LogP contribution in [-0.2, 0) is 11.2 Å². The molecular formula is C22H25N5O. The van der Waals surface area contributed by atoms with Crippen molar-refractivity contribution in [3.05, 3.63) is 53.2 Å². The van der Waals surface area contributed by atoms with Gasteiger partial charge in [-0.25, -0.2) is 4.98 Å². The molecule has 0 spiro atoms. The van der Waals surface area contributed by atoms with E-state index in [0.717, 1.165) is 62.6 Å². The van der Waals surface area contributed by atoms with Crippen LogP contribution in [0.2, 0.25) is 0 Å². The van der Waals surface area contributed by atoms with Gasteiger partial charge in [0.15, 0.2) is 0 Å².